The molecule has 0 radical (unpaired) electrons. The highest BCUT2D eigenvalue weighted by molar-refractivity contribution is 5.94. The maximum atomic E-state index is 11.9. The number of amides is 1. The van der Waals surface area contributed by atoms with E-state index >= 15 is 0 Å². The van der Waals surface area contributed by atoms with Crippen molar-refractivity contribution in [3.05, 3.63) is 35.9 Å². The van der Waals surface area contributed by atoms with Crippen LogP contribution < -0.4 is 5.32 Å². The molecule has 1 amide bonds. The predicted octanol–water partition coefficient (Wildman–Crippen LogP) is 2.21. The summed E-state index contributed by atoms with van der Waals surface area (Å²) in [6.45, 7) is 5.96. The fourth-order valence-electron chi connectivity index (χ4n) is 2.34. The van der Waals surface area contributed by atoms with Crippen LogP contribution in [0.15, 0.2) is 30.3 Å². The summed E-state index contributed by atoms with van der Waals surface area (Å²) in [6, 6.07) is 9.24. The zero-order valence-electron chi connectivity index (χ0n) is 11.5. The molecule has 0 bridgehead atoms. The third-order valence-electron chi connectivity index (χ3n) is 3.26. The van der Waals surface area contributed by atoms with Crippen LogP contribution >= 0.6 is 0 Å². The Morgan fingerprint density at radius 1 is 1.32 bits per heavy atom. The van der Waals surface area contributed by atoms with E-state index in [2.05, 4.69) is 12.2 Å². The maximum absolute atomic E-state index is 11.9. The van der Waals surface area contributed by atoms with Crippen LogP contribution in [-0.2, 0) is 9.47 Å². The molecule has 1 aliphatic heterocycles. The Balaban J connectivity index is 1.77. The molecule has 1 aliphatic rings. The van der Waals surface area contributed by atoms with Gasteiger partial charge in [0.15, 0.2) is 5.79 Å². The van der Waals surface area contributed by atoms with Crippen LogP contribution in [0.5, 0.6) is 0 Å². The summed E-state index contributed by atoms with van der Waals surface area (Å²) in [4.78, 5) is 11.9. The average Bonchev–Trinajstić information content (AvgIpc) is 2.83. The van der Waals surface area contributed by atoms with Gasteiger partial charge in [-0.25, -0.2) is 0 Å². The molecule has 0 aliphatic carbocycles. The summed E-state index contributed by atoms with van der Waals surface area (Å²) in [5, 5.41) is 2.94. The highest BCUT2D eigenvalue weighted by Gasteiger charge is 2.32. The molecule has 1 aromatic carbocycles. The third-order valence-corrected chi connectivity index (χ3v) is 3.26. The zero-order chi connectivity index (χ0) is 13.7. The summed E-state index contributed by atoms with van der Waals surface area (Å²) >= 11 is 0. The van der Waals surface area contributed by atoms with Gasteiger partial charge in [-0.1, -0.05) is 25.1 Å². The summed E-state index contributed by atoms with van der Waals surface area (Å²) in [5.41, 5.74) is 0.689. The van der Waals surface area contributed by atoms with Crippen molar-refractivity contribution in [1.29, 1.82) is 0 Å². The summed E-state index contributed by atoms with van der Waals surface area (Å²) in [6.07, 6.45) is 0.780. The standard InChI is InChI=1S/C15H21NO3/c1-12(10-15(2)18-8-9-19-15)11-16-14(17)13-6-4-3-5-7-13/h3-7,12H,8-11H2,1-2H3,(H,16,17)/t12-/m0/s1. The van der Waals surface area contributed by atoms with E-state index in [1.165, 1.54) is 0 Å². The van der Waals surface area contributed by atoms with Crippen LogP contribution in [0.25, 0.3) is 0 Å². The van der Waals surface area contributed by atoms with Crippen LogP contribution in [0.2, 0.25) is 0 Å². The predicted molar refractivity (Wildman–Crippen MR) is 72.9 cm³/mol. The molecule has 1 fully saturated rings. The van der Waals surface area contributed by atoms with Gasteiger partial charge in [0.1, 0.15) is 0 Å². The molecule has 104 valence electrons. The van der Waals surface area contributed by atoms with Crippen LogP contribution in [0, 0.1) is 5.92 Å². The smallest absolute Gasteiger partial charge is 0.251 e. The monoisotopic (exact) mass is 263 g/mol. The van der Waals surface area contributed by atoms with Crippen LogP contribution in [0.1, 0.15) is 30.6 Å². The molecule has 1 heterocycles. The number of carbonyl (C=O) groups excluding carboxylic acids is 1. The van der Waals surface area contributed by atoms with Crippen LogP contribution in [0.3, 0.4) is 0 Å². The quantitative estimate of drug-likeness (QED) is 0.886. The summed E-state index contributed by atoms with van der Waals surface area (Å²) in [7, 11) is 0. The van der Waals surface area contributed by atoms with Gasteiger partial charge in [-0.05, 0) is 25.0 Å². The van der Waals surface area contributed by atoms with E-state index in [4.69, 9.17) is 9.47 Å². The largest absolute Gasteiger partial charge is 0.352 e. The average molecular weight is 263 g/mol. The molecular formula is C15H21NO3. The second-order valence-electron chi connectivity index (χ2n) is 5.22. The fourth-order valence-corrected chi connectivity index (χ4v) is 2.34. The summed E-state index contributed by atoms with van der Waals surface area (Å²) in [5.74, 6) is -0.224. The molecular weight excluding hydrogens is 242 g/mol. The minimum Gasteiger partial charge on any atom is -0.352 e. The molecule has 19 heavy (non-hydrogen) atoms. The highest BCUT2D eigenvalue weighted by atomic mass is 16.7. The first-order valence-electron chi connectivity index (χ1n) is 6.70. The van der Waals surface area contributed by atoms with Crippen molar-refractivity contribution < 1.29 is 14.3 Å². The van der Waals surface area contributed by atoms with Gasteiger partial charge in [0.05, 0.1) is 13.2 Å². The second-order valence-corrected chi connectivity index (χ2v) is 5.22. The summed E-state index contributed by atoms with van der Waals surface area (Å²) < 4.78 is 11.1. The first-order chi connectivity index (χ1) is 9.09. The van der Waals surface area contributed by atoms with E-state index in [1.54, 1.807) is 0 Å². The molecule has 0 spiro atoms. The minimum atomic E-state index is -0.489. The zero-order valence-corrected chi connectivity index (χ0v) is 11.5. The van der Waals surface area contributed by atoms with Crippen molar-refractivity contribution in [2.75, 3.05) is 19.8 Å². The molecule has 0 saturated carbocycles. The van der Waals surface area contributed by atoms with Gasteiger partial charge in [0, 0.05) is 18.5 Å². The van der Waals surface area contributed by atoms with Crippen LogP contribution in [0.4, 0.5) is 0 Å². The number of rotatable bonds is 5. The van der Waals surface area contributed by atoms with Gasteiger partial charge in [-0.3, -0.25) is 4.79 Å². The molecule has 1 atom stereocenters. The normalized spacial score (nSPS) is 19.1. The number of hydrogen-bond donors (Lipinski definition) is 1. The Kier molecular flexibility index (Phi) is 4.56. The van der Waals surface area contributed by atoms with E-state index in [-0.39, 0.29) is 5.91 Å². The van der Waals surface area contributed by atoms with Crippen molar-refractivity contribution in [2.24, 2.45) is 5.92 Å². The van der Waals surface area contributed by atoms with Gasteiger partial charge in [0.2, 0.25) is 0 Å². The van der Waals surface area contributed by atoms with Crippen molar-refractivity contribution in [1.82, 2.24) is 5.32 Å². The molecule has 0 aromatic heterocycles. The molecule has 2 rings (SSSR count). The van der Waals surface area contributed by atoms with Gasteiger partial charge in [0.25, 0.3) is 5.91 Å². The lowest BCUT2D eigenvalue weighted by molar-refractivity contribution is -0.153. The number of ether oxygens (including phenoxy) is 2. The molecule has 4 nitrogen and oxygen atoms in total. The lowest BCUT2D eigenvalue weighted by Crippen LogP contribution is -2.34. The van der Waals surface area contributed by atoms with Crippen molar-refractivity contribution in [3.63, 3.8) is 0 Å². The van der Waals surface area contributed by atoms with E-state index in [9.17, 15) is 4.79 Å². The lowest BCUT2D eigenvalue weighted by atomic mass is 10.0. The van der Waals surface area contributed by atoms with Crippen molar-refractivity contribution in [2.45, 2.75) is 26.1 Å². The topological polar surface area (TPSA) is 47.6 Å². The number of hydrogen-bond acceptors (Lipinski definition) is 3. The Bertz CT molecular complexity index is 413. The van der Waals surface area contributed by atoms with Crippen molar-refractivity contribution in [3.8, 4) is 0 Å². The van der Waals surface area contributed by atoms with Gasteiger partial charge < -0.3 is 14.8 Å². The Labute approximate surface area is 114 Å². The Hall–Kier alpha value is -1.39. The first-order valence-corrected chi connectivity index (χ1v) is 6.70. The number of nitrogens with one attached hydrogen (secondary N) is 1. The fraction of sp³-hybridized carbons (Fsp3) is 0.533. The molecule has 1 saturated heterocycles. The van der Waals surface area contributed by atoms with Gasteiger partial charge in [-0.15, -0.1) is 0 Å². The SMILES string of the molecule is C[C@H](CNC(=O)c1ccccc1)CC1(C)OCCO1. The minimum absolute atomic E-state index is 0.0362. The van der Waals surface area contributed by atoms with E-state index in [1.807, 2.05) is 37.3 Å². The lowest BCUT2D eigenvalue weighted by Gasteiger charge is -2.26. The van der Waals surface area contributed by atoms with E-state index in [0.29, 0.717) is 31.2 Å². The van der Waals surface area contributed by atoms with E-state index in [0.717, 1.165) is 6.42 Å². The Morgan fingerprint density at radius 2 is 1.95 bits per heavy atom. The molecule has 1 aromatic rings. The van der Waals surface area contributed by atoms with Gasteiger partial charge >= 0.3 is 0 Å². The highest BCUT2D eigenvalue weighted by Crippen LogP contribution is 2.26. The molecule has 4 heteroatoms. The number of carbonyl (C=O) groups is 1. The number of benzene rings is 1. The van der Waals surface area contributed by atoms with Crippen LogP contribution in [-0.4, -0.2) is 31.5 Å². The molecule has 1 N–H and O–H groups in total. The Morgan fingerprint density at radius 3 is 2.58 bits per heavy atom. The third kappa shape index (κ3) is 4.04. The second kappa shape index (κ2) is 6.17. The van der Waals surface area contributed by atoms with Gasteiger partial charge in [-0.2, -0.15) is 0 Å². The maximum Gasteiger partial charge on any atom is 0.251 e. The van der Waals surface area contributed by atoms with E-state index < -0.39 is 5.79 Å². The van der Waals surface area contributed by atoms with Crippen molar-refractivity contribution >= 4 is 5.91 Å². The first kappa shape index (κ1) is 14.0. The molecule has 0 unspecified atom stereocenters.